The van der Waals surface area contributed by atoms with Crippen LogP contribution in [0.1, 0.15) is 0 Å². The summed E-state index contributed by atoms with van der Waals surface area (Å²) < 4.78 is 5.11. The number of nitrogens with one attached hydrogen (secondary N) is 1. The van der Waals surface area contributed by atoms with Gasteiger partial charge in [-0.25, -0.2) is 4.98 Å². The van der Waals surface area contributed by atoms with Gasteiger partial charge in [-0.15, -0.1) is 0 Å². The van der Waals surface area contributed by atoms with E-state index in [-0.39, 0.29) is 0 Å². The number of nitrogens with zero attached hydrogens (tertiary/aromatic N) is 3. The van der Waals surface area contributed by atoms with Crippen molar-refractivity contribution in [2.45, 2.75) is 0 Å². The fourth-order valence-corrected chi connectivity index (χ4v) is 1.66. The molecular formula is C12H10N4O. The molecule has 2 heterocycles. The molecule has 1 aromatic carbocycles. The Kier molecular flexibility index (Phi) is 2.22. The summed E-state index contributed by atoms with van der Waals surface area (Å²) >= 11 is 0. The first-order valence-corrected chi connectivity index (χ1v) is 5.17. The average molecular weight is 226 g/mol. The summed E-state index contributed by atoms with van der Waals surface area (Å²) in [4.78, 5) is 7.63. The van der Waals surface area contributed by atoms with Crippen molar-refractivity contribution in [3.8, 4) is 17.1 Å². The lowest BCUT2D eigenvalue weighted by Gasteiger charge is -2.00. The molecule has 0 saturated carbocycles. The van der Waals surface area contributed by atoms with Gasteiger partial charge in [-0.3, -0.25) is 0 Å². The van der Waals surface area contributed by atoms with Crippen LogP contribution in [0.15, 0.2) is 36.7 Å². The predicted molar refractivity (Wildman–Crippen MR) is 63.7 cm³/mol. The molecule has 0 aliphatic heterocycles. The van der Waals surface area contributed by atoms with Crippen LogP contribution in [-0.4, -0.2) is 27.3 Å². The van der Waals surface area contributed by atoms with Crippen molar-refractivity contribution >= 4 is 11.0 Å². The maximum atomic E-state index is 5.11. The third kappa shape index (κ3) is 1.71. The maximum absolute atomic E-state index is 5.11. The zero-order chi connectivity index (χ0) is 11.7. The Morgan fingerprint density at radius 2 is 1.82 bits per heavy atom. The number of hydrogen-bond donors (Lipinski definition) is 1. The van der Waals surface area contributed by atoms with Crippen LogP contribution < -0.4 is 4.74 Å². The fraction of sp³-hybridized carbons (Fsp3) is 0.0833. The van der Waals surface area contributed by atoms with Crippen molar-refractivity contribution in [2.24, 2.45) is 0 Å². The molecule has 0 amide bonds. The molecule has 0 bridgehead atoms. The highest BCUT2D eigenvalue weighted by atomic mass is 16.5. The Balaban J connectivity index is 2.07. The van der Waals surface area contributed by atoms with Gasteiger partial charge in [-0.1, -0.05) is 0 Å². The van der Waals surface area contributed by atoms with Crippen molar-refractivity contribution in [3.05, 3.63) is 36.7 Å². The Hall–Kier alpha value is -2.43. The van der Waals surface area contributed by atoms with Crippen LogP contribution in [0.2, 0.25) is 0 Å². The molecule has 0 aliphatic rings. The third-order valence-corrected chi connectivity index (χ3v) is 2.56. The molecule has 3 rings (SSSR count). The largest absolute Gasteiger partial charge is 0.497 e. The molecule has 0 spiro atoms. The summed E-state index contributed by atoms with van der Waals surface area (Å²) in [5.74, 6) is 1.63. The van der Waals surface area contributed by atoms with E-state index >= 15 is 0 Å². The number of H-pyrrole nitrogens is 1. The van der Waals surface area contributed by atoms with Crippen LogP contribution in [-0.2, 0) is 0 Å². The van der Waals surface area contributed by atoms with E-state index in [0.29, 0.717) is 0 Å². The molecule has 0 atom stereocenters. The minimum absolute atomic E-state index is 0.803. The minimum atomic E-state index is 0.803. The highest BCUT2D eigenvalue weighted by Gasteiger charge is 2.05. The molecule has 0 aliphatic carbocycles. The molecule has 0 saturated heterocycles. The second-order valence-electron chi connectivity index (χ2n) is 3.60. The maximum Gasteiger partial charge on any atom is 0.138 e. The van der Waals surface area contributed by atoms with E-state index in [0.717, 1.165) is 28.2 Å². The van der Waals surface area contributed by atoms with Gasteiger partial charge in [0.1, 0.15) is 17.1 Å². The number of aromatic nitrogens is 4. The molecule has 0 radical (unpaired) electrons. The van der Waals surface area contributed by atoms with E-state index in [1.165, 1.54) is 0 Å². The number of benzene rings is 1. The van der Waals surface area contributed by atoms with E-state index in [4.69, 9.17) is 4.74 Å². The summed E-state index contributed by atoms with van der Waals surface area (Å²) in [6, 6.07) is 7.72. The van der Waals surface area contributed by atoms with Gasteiger partial charge in [-0.05, 0) is 24.3 Å². The van der Waals surface area contributed by atoms with E-state index in [9.17, 15) is 0 Å². The fourth-order valence-electron chi connectivity index (χ4n) is 1.66. The second-order valence-corrected chi connectivity index (χ2v) is 3.60. The van der Waals surface area contributed by atoms with Gasteiger partial charge in [0.15, 0.2) is 0 Å². The van der Waals surface area contributed by atoms with Crippen LogP contribution in [0.4, 0.5) is 0 Å². The first-order valence-electron chi connectivity index (χ1n) is 5.17. The van der Waals surface area contributed by atoms with Gasteiger partial charge in [0, 0.05) is 5.56 Å². The monoisotopic (exact) mass is 226 g/mol. The van der Waals surface area contributed by atoms with E-state index in [1.54, 1.807) is 19.5 Å². The molecule has 0 unspecified atom stereocenters. The van der Waals surface area contributed by atoms with Gasteiger partial charge in [-0.2, -0.15) is 10.2 Å². The minimum Gasteiger partial charge on any atom is -0.497 e. The number of rotatable bonds is 2. The Morgan fingerprint density at radius 1 is 1.06 bits per heavy atom. The second kappa shape index (κ2) is 3.86. The third-order valence-electron chi connectivity index (χ3n) is 2.56. The topological polar surface area (TPSA) is 63.7 Å². The molecule has 17 heavy (non-hydrogen) atoms. The number of hydrogen-bond acceptors (Lipinski definition) is 4. The molecule has 5 nitrogen and oxygen atoms in total. The number of imidazole rings is 1. The number of aromatic amines is 1. The summed E-state index contributed by atoms with van der Waals surface area (Å²) in [6.45, 7) is 0. The van der Waals surface area contributed by atoms with Crippen molar-refractivity contribution in [1.29, 1.82) is 0 Å². The Labute approximate surface area is 97.5 Å². The summed E-state index contributed by atoms with van der Waals surface area (Å²) in [7, 11) is 1.65. The van der Waals surface area contributed by atoms with Crippen molar-refractivity contribution < 1.29 is 4.74 Å². The van der Waals surface area contributed by atoms with E-state index < -0.39 is 0 Å². The highest BCUT2D eigenvalue weighted by Crippen LogP contribution is 2.21. The van der Waals surface area contributed by atoms with Gasteiger partial charge in [0.25, 0.3) is 0 Å². The SMILES string of the molecule is COc1ccc(-c2nc3cnncc3[nH]2)cc1. The van der Waals surface area contributed by atoms with Crippen LogP contribution >= 0.6 is 0 Å². The number of fused-ring (bicyclic) bond motifs is 1. The summed E-state index contributed by atoms with van der Waals surface area (Å²) in [5, 5.41) is 7.60. The van der Waals surface area contributed by atoms with Crippen molar-refractivity contribution in [1.82, 2.24) is 20.2 Å². The van der Waals surface area contributed by atoms with Gasteiger partial charge < -0.3 is 9.72 Å². The Morgan fingerprint density at radius 3 is 2.53 bits per heavy atom. The standard InChI is InChI=1S/C12H10N4O/c1-17-9-4-2-8(3-5-9)12-15-10-6-13-14-7-11(10)16-12/h2-7H,1H3,(H,15,16). The van der Waals surface area contributed by atoms with Crippen LogP contribution in [0.5, 0.6) is 5.75 Å². The highest BCUT2D eigenvalue weighted by molar-refractivity contribution is 5.77. The van der Waals surface area contributed by atoms with E-state index in [2.05, 4.69) is 20.2 Å². The smallest absolute Gasteiger partial charge is 0.138 e. The summed E-state index contributed by atoms with van der Waals surface area (Å²) in [6.07, 6.45) is 3.30. The first-order chi connectivity index (χ1) is 8.36. The molecule has 84 valence electrons. The molecule has 2 aromatic heterocycles. The normalized spacial score (nSPS) is 10.6. The molecule has 0 fully saturated rings. The Bertz CT molecular complexity index is 612. The molecule has 5 heteroatoms. The molecule has 3 aromatic rings. The lowest BCUT2D eigenvalue weighted by molar-refractivity contribution is 0.415. The van der Waals surface area contributed by atoms with Crippen LogP contribution in [0, 0.1) is 0 Å². The first kappa shape index (κ1) is 9.77. The molecular weight excluding hydrogens is 216 g/mol. The number of ether oxygens (including phenoxy) is 1. The van der Waals surface area contributed by atoms with Gasteiger partial charge >= 0.3 is 0 Å². The lowest BCUT2D eigenvalue weighted by atomic mass is 10.2. The molecule has 1 N–H and O–H groups in total. The predicted octanol–water partition coefficient (Wildman–Crippen LogP) is 2.03. The van der Waals surface area contributed by atoms with E-state index in [1.807, 2.05) is 24.3 Å². The lowest BCUT2D eigenvalue weighted by Crippen LogP contribution is -1.83. The van der Waals surface area contributed by atoms with Crippen LogP contribution in [0.3, 0.4) is 0 Å². The zero-order valence-electron chi connectivity index (χ0n) is 9.21. The summed E-state index contributed by atoms with van der Waals surface area (Å²) in [5.41, 5.74) is 2.69. The van der Waals surface area contributed by atoms with Crippen LogP contribution in [0.25, 0.3) is 22.4 Å². The van der Waals surface area contributed by atoms with Crippen molar-refractivity contribution in [3.63, 3.8) is 0 Å². The number of methoxy groups -OCH3 is 1. The van der Waals surface area contributed by atoms with Crippen molar-refractivity contribution in [2.75, 3.05) is 7.11 Å². The van der Waals surface area contributed by atoms with Gasteiger partial charge in [0.2, 0.25) is 0 Å². The van der Waals surface area contributed by atoms with Gasteiger partial charge in [0.05, 0.1) is 25.0 Å². The quantitative estimate of drug-likeness (QED) is 0.726. The zero-order valence-corrected chi connectivity index (χ0v) is 9.21. The average Bonchev–Trinajstić information content (AvgIpc) is 2.82.